The Labute approximate surface area is 360 Å². The normalized spacial score (nSPS) is 11.2. The van der Waals surface area contributed by atoms with Crippen LogP contribution in [0.4, 0.5) is 0 Å². The van der Waals surface area contributed by atoms with Crippen LogP contribution in [0.15, 0.2) is 20.5 Å². The van der Waals surface area contributed by atoms with Crippen LogP contribution in [0.3, 0.4) is 0 Å². The van der Waals surface area contributed by atoms with Gasteiger partial charge in [-0.1, -0.05) is 27.9 Å². The molecular formula is C34H64N16O12. The summed E-state index contributed by atoms with van der Waals surface area (Å²) in [7, 11) is 0. The number of ether oxygens (including phenoxy) is 8. The molecule has 0 spiro atoms. The lowest BCUT2D eigenvalue weighted by molar-refractivity contribution is -0.129. The zero-order chi connectivity index (χ0) is 44.8. The van der Waals surface area contributed by atoms with E-state index < -0.39 is 5.41 Å². The Hall–Kier alpha value is -5.20. The maximum Gasteiger partial charge on any atom is 0.222 e. The minimum absolute atomic E-state index is 0. The Kier molecular flexibility index (Phi) is 43.1. The molecule has 0 unspecified atom stereocenters. The van der Waals surface area contributed by atoms with Gasteiger partial charge in [-0.2, -0.15) is 0 Å². The van der Waals surface area contributed by atoms with Gasteiger partial charge < -0.3 is 59.2 Å². The van der Waals surface area contributed by atoms with Crippen molar-refractivity contribution in [1.29, 1.82) is 0 Å². The second-order valence-corrected chi connectivity index (χ2v) is 12.4. The van der Waals surface area contributed by atoms with E-state index in [1.807, 2.05) is 0 Å². The summed E-state index contributed by atoms with van der Waals surface area (Å²) >= 11 is 0. The predicted octanol–water partition coefficient (Wildman–Crippen LogP) is 2.01. The number of nitrogens with zero attached hydrogens (tertiary/aromatic N) is 12. The van der Waals surface area contributed by atoms with Crippen LogP contribution in [0.5, 0.6) is 0 Å². The highest BCUT2D eigenvalue weighted by Crippen LogP contribution is 2.21. The molecule has 0 radical (unpaired) electrons. The van der Waals surface area contributed by atoms with Crippen LogP contribution in [-0.4, -0.2) is 182 Å². The first-order valence-corrected chi connectivity index (χ1v) is 19.5. The molecular weight excluding hydrogens is 824 g/mol. The summed E-state index contributed by atoms with van der Waals surface area (Å²) in [6.45, 7) is 3.40. The molecule has 0 fully saturated rings. The average molecular weight is 889 g/mol. The molecule has 0 aromatic heterocycles. The topological polar surface area (TPSA) is 385 Å². The molecule has 352 valence electrons. The lowest BCUT2D eigenvalue weighted by atomic mass is 9.92. The van der Waals surface area contributed by atoms with E-state index in [4.69, 9.17) is 60.0 Å². The van der Waals surface area contributed by atoms with E-state index in [1.54, 1.807) is 0 Å². The number of carbonyl (C=O) groups is 4. The lowest BCUT2D eigenvalue weighted by Gasteiger charge is -2.33. The molecule has 0 heterocycles. The fourth-order valence-electron chi connectivity index (χ4n) is 4.48. The van der Waals surface area contributed by atoms with Gasteiger partial charge in [-0.05, 0) is 22.1 Å². The highest BCUT2D eigenvalue weighted by atomic mass is 16.5. The maximum atomic E-state index is 12.4. The van der Waals surface area contributed by atoms with Crippen LogP contribution in [0.25, 0.3) is 41.8 Å². The summed E-state index contributed by atoms with van der Waals surface area (Å²) in [5.74, 6) is -1.17. The number of hydrogen-bond acceptors (Lipinski definition) is 16. The zero-order valence-corrected chi connectivity index (χ0v) is 34.6. The van der Waals surface area contributed by atoms with Crippen molar-refractivity contribution < 1.29 is 57.1 Å². The van der Waals surface area contributed by atoms with E-state index in [0.29, 0.717) is 0 Å². The number of amides is 4. The Morgan fingerprint density at radius 3 is 0.806 bits per heavy atom. The number of rotatable bonds is 44. The summed E-state index contributed by atoms with van der Waals surface area (Å²) in [6, 6.07) is 0. The van der Waals surface area contributed by atoms with Crippen molar-refractivity contribution in [2.24, 2.45) is 25.9 Å². The molecule has 4 amide bonds. The molecule has 0 saturated carbocycles. The fourth-order valence-corrected chi connectivity index (χ4v) is 4.48. The van der Waals surface area contributed by atoms with Gasteiger partial charge in [0, 0.05) is 97.7 Å². The molecule has 0 aromatic carbocycles. The number of carbonyl (C=O) groups excluding carboxylic acids is 4. The molecule has 0 saturated heterocycles. The van der Waals surface area contributed by atoms with Crippen molar-refractivity contribution >= 4 is 23.6 Å². The Morgan fingerprint density at radius 1 is 0.371 bits per heavy atom. The van der Waals surface area contributed by atoms with Gasteiger partial charge in [0.05, 0.1) is 111 Å². The predicted molar refractivity (Wildman–Crippen MR) is 222 cm³/mol. The summed E-state index contributed by atoms with van der Waals surface area (Å²) in [5.41, 5.74) is 32.3. The second kappa shape index (κ2) is 45.3. The number of azide groups is 4. The first-order valence-electron chi connectivity index (χ1n) is 19.5. The first kappa shape index (κ1) is 58.9. The highest BCUT2D eigenvalue weighted by Gasteiger charge is 2.33. The molecule has 62 heavy (non-hydrogen) atoms. The molecule has 28 heteroatoms. The van der Waals surface area contributed by atoms with Crippen molar-refractivity contribution in [2.45, 2.75) is 33.1 Å². The van der Waals surface area contributed by atoms with Gasteiger partial charge in [0.2, 0.25) is 23.6 Å². The lowest BCUT2D eigenvalue weighted by Crippen LogP contribution is -2.43. The van der Waals surface area contributed by atoms with Gasteiger partial charge in [0.15, 0.2) is 0 Å². The summed E-state index contributed by atoms with van der Waals surface area (Å²) in [6.07, 6.45) is 0.0462. The Balaban J connectivity index is 0. The smallest absolute Gasteiger partial charge is 0.222 e. The largest absolute Gasteiger partial charge is 0.380 e. The second-order valence-electron chi connectivity index (χ2n) is 12.4. The maximum absolute atomic E-state index is 12.4. The average Bonchev–Trinajstić information content (AvgIpc) is 3.25. The van der Waals surface area contributed by atoms with E-state index in [0.717, 1.165) is 0 Å². The number of nitrogens with one attached hydrogen (secondary N) is 4. The van der Waals surface area contributed by atoms with E-state index in [-0.39, 0.29) is 215 Å². The van der Waals surface area contributed by atoms with E-state index in [9.17, 15) is 19.2 Å². The van der Waals surface area contributed by atoms with Crippen molar-refractivity contribution in [3.8, 4) is 0 Å². The van der Waals surface area contributed by atoms with Gasteiger partial charge >= 0.3 is 0 Å². The Morgan fingerprint density at radius 2 is 0.597 bits per heavy atom. The quantitative estimate of drug-likeness (QED) is 0.0295. The molecule has 0 aliphatic rings. The molecule has 0 bridgehead atoms. The third kappa shape index (κ3) is 40.2. The third-order valence-corrected chi connectivity index (χ3v) is 7.40. The standard InChI is InChI=1S/C33H60N16O12.CH4/c34-46-42-9-21-54-17-5-38-29(50)1-13-58-25-33(26-59-14-2-30(51)39-6-18-55-22-10-43-47-35,27-60-15-3-31(52)40-7-19-56-23-11-44-48-36)28-61-16-4-32(53)41-8-20-57-24-12-45-49-37;/h1-28H2,(H,38,50)(H,39,51)(H,40,52)(H,41,53);1H4. The summed E-state index contributed by atoms with van der Waals surface area (Å²) in [5, 5.41) is 24.3. The third-order valence-electron chi connectivity index (χ3n) is 7.40. The minimum Gasteiger partial charge on any atom is -0.380 e. The van der Waals surface area contributed by atoms with Gasteiger partial charge in [0.1, 0.15) is 0 Å². The first-order chi connectivity index (χ1) is 29.8. The van der Waals surface area contributed by atoms with Crippen LogP contribution < -0.4 is 21.3 Å². The molecule has 0 aliphatic heterocycles. The van der Waals surface area contributed by atoms with Gasteiger partial charge in [-0.25, -0.2) is 0 Å². The zero-order valence-electron chi connectivity index (χ0n) is 34.6. The highest BCUT2D eigenvalue weighted by molar-refractivity contribution is 5.77. The summed E-state index contributed by atoms with van der Waals surface area (Å²) in [4.78, 5) is 60.2. The SMILES string of the molecule is C.[N-]=[N+]=NCCOCCNC(=O)CCOCC(COCCC(=O)NCCOCCN=[N+]=[N-])(COCCC(=O)NCCOCCN=[N+]=[N-])COCCC(=O)NCCOCCN=[N+]=[N-]. The van der Waals surface area contributed by atoms with E-state index >= 15 is 0 Å². The minimum atomic E-state index is -1.01. The molecule has 0 atom stereocenters. The molecule has 4 N–H and O–H groups in total. The summed E-state index contributed by atoms with van der Waals surface area (Å²) < 4.78 is 44.9. The monoisotopic (exact) mass is 888 g/mol. The van der Waals surface area contributed by atoms with Crippen molar-refractivity contribution in [1.82, 2.24) is 21.3 Å². The number of hydrogen-bond donors (Lipinski definition) is 4. The van der Waals surface area contributed by atoms with Crippen molar-refractivity contribution in [2.75, 3.05) is 158 Å². The Bertz CT molecular complexity index is 1190. The van der Waals surface area contributed by atoms with Gasteiger partial charge in [-0.15, -0.1) is 0 Å². The molecule has 28 nitrogen and oxygen atoms in total. The molecule has 0 rings (SSSR count). The van der Waals surface area contributed by atoms with E-state index in [1.165, 1.54) is 0 Å². The fraction of sp³-hybridized carbons (Fsp3) is 0.882. The van der Waals surface area contributed by atoms with E-state index in [2.05, 4.69) is 61.4 Å². The van der Waals surface area contributed by atoms with Gasteiger partial charge in [0.25, 0.3) is 0 Å². The van der Waals surface area contributed by atoms with Crippen LogP contribution in [0, 0.1) is 5.41 Å². The van der Waals surface area contributed by atoms with Crippen LogP contribution in [0.1, 0.15) is 33.1 Å². The molecule has 0 aliphatic carbocycles. The van der Waals surface area contributed by atoms with Crippen molar-refractivity contribution in [3.05, 3.63) is 41.8 Å². The van der Waals surface area contributed by atoms with Crippen LogP contribution >= 0.6 is 0 Å². The van der Waals surface area contributed by atoms with Crippen molar-refractivity contribution in [3.63, 3.8) is 0 Å². The molecule has 0 aromatic rings. The van der Waals surface area contributed by atoms with Crippen LogP contribution in [0.2, 0.25) is 0 Å². The van der Waals surface area contributed by atoms with Gasteiger partial charge in [-0.3, -0.25) is 19.2 Å². The van der Waals surface area contributed by atoms with Crippen LogP contribution in [-0.2, 0) is 57.1 Å².